The molecule has 122 valence electrons. The molecule has 3 rings (SSSR count). The van der Waals surface area contributed by atoms with E-state index in [9.17, 15) is 9.59 Å². The van der Waals surface area contributed by atoms with Crippen LogP contribution in [0.2, 0.25) is 0 Å². The fraction of sp³-hybridized carbons (Fsp3) is 0.211. The molecular formula is C19H19N3O2. The molecule has 0 saturated heterocycles. The minimum atomic E-state index is -0.372. The highest BCUT2D eigenvalue weighted by Gasteiger charge is 2.20. The number of carbonyl (C=O) groups excluding carboxylic acids is 1. The first-order valence-corrected chi connectivity index (χ1v) is 7.74. The molecule has 0 saturated carbocycles. The number of rotatable bonds is 3. The summed E-state index contributed by atoms with van der Waals surface area (Å²) in [5.74, 6) is -0.372. The number of hydrogen-bond donors (Lipinski definition) is 0. The van der Waals surface area contributed by atoms with Crippen molar-refractivity contribution >= 4 is 16.8 Å². The van der Waals surface area contributed by atoms with E-state index in [4.69, 9.17) is 0 Å². The minimum absolute atomic E-state index is 0.0472. The molecule has 1 aromatic heterocycles. The fourth-order valence-electron chi connectivity index (χ4n) is 2.74. The van der Waals surface area contributed by atoms with Gasteiger partial charge in [-0.1, -0.05) is 42.0 Å². The van der Waals surface area contributed by atoms with Crippen LogP contribution in [0.4, 0.5) is 0 Å². The summed E-state index contributed by atoms with van der Waals surface area (Å²) in [6.07, 6.45) is 0. The quantitative estimate of drug-likeness (QED) is 0.745. The van der Waals surface area contributed by atoms with Crippen molar-refractivity contribution in [3.05, 3.63) is 75.6 Å². The molecule has 0 N–H and O–H groups in total. The lowest BCUT2D eigenvalue weighted by atomic mass is 10.1. The molecule has 0 bridgehead atoms. The van der Waals surface area contributed by atoms with Crippen LogP contribution in [-0.4, -0.2) is 27.6 Å². The first kappa shape index (κ1) is 15.9. The maximum absolute atomic E-state index is 12.7. The number of amides is 1. The Labute approximate surface area is 140 Å². The van der Waals surface area contributed by atoms with E-state index in [1.807, 2.05) is 49.4 Å². The van der Waals surface area contributed by atoms with Crippen LogP contribution < -0.4 is 5.43 Å². The third kappa shape index (κ3) is 2.93. The minimum Gasteiger partial charge on any atom is -0.336 e. The predicted molar refractivity (Wildman–Crippen MR) is 94.0 cm³/mol. The summed E-state index contributed by atoms with van der Waals surface area (Å²) < 4.78 is 1.58. The van der Waals surface area contributed by atoms with Crippen LogP contribution in [0.5, 0.6) is 0 Å². The Bertz CT molecular complexity index is 962. The molecule has 1 amide bonds. The summed E-state index contributed by atoms with van der Waals surface area (Å²) in [6, 6.07) is 15.2. The van der Waals surface area contributed by atoms with E-state index in [0.29, 0.717) is 17.4 Å². The summed E-state index contributed by atoms with van der Waals surface area (Å²) in [5.41, 5.74) is 2.32. The van der Waals surface area contributed by atoms with E-state index in [1.54, 1.807) is 24.8 Å². The predicted octanol–water partition coefficient (Wildman–Crippen LogP) is 2.51. The van der Waals surface area contributed by atoms with Crippen molar-refractivity contribution in [1.29, 1.82) is 0 Å². The number of nitrogens with zero attached hydrogens (tertiary/aromatic N) is 3. The Morgan fingerprint density at radius 3 is 2.58 bits per heavy atom. The average molecular weight is 321 g/mol. The lowest BCUT2D eigenvalue weighted by Gasteiger charge is -2.17. The molecule has 0 aliphatic rings. The highest BCUT2D eigenvalue weighted by atomic mass is 16.2. The van der Waals surface area contributed by atoms with Gasteiger partial charge in [-0.05, 0) is 24.6 Å². The zero-order chi connectivity index (χ0) is 17.3. The van der Waals surface area contributed by atoms with Crippen LogP contribution in [0.1, 0.15) is 21.6 Å². The number of aryl methyl sites for hydroxylation is 2. The highest BCUT2D eigenvalue weighted by molar-refractivity contribution is 5.95. The number of hydrogen-bond acceptors (Lipinski definition) is 3. The molecule has 24 heavy (non-hydrogen) atoms. The molecule has 0 fully saturated rings. The van der Waals surface area contributed by atoms with E-state index in [0.717, 1.165) is 11.1 Å². The summed E-state index contributed by atoms with van der Waals surface area (Å²) >= 11 is 0. The van der Waals surface area contributed by atoms with Gasteiger partial charge in [0.1, 0.15) is 0 Å². The average Bonchev–Trinajstić information content (AvgIpc) is 2.58. The standard InChI is InChI=1S/C19H19N3O2/c1-13-9-10-16-15(11-13)18(23)17(20-22(16)3)19(24)21(2)12-14-7-5-4-6-8-14/h4-11H,12H2,1-3H3. The molecule has 3 aromatic rings. The van der Waals surface area contributed by atoms with Crippen LogP contribution in [0, 0.1) is 6.92 Å². The van der Waals surface area contributed by atoms with Gasteiger partial charge in [-0.15, -0.1) is 0 Å². The van der Waals surface area contributed by atoms with Gasteiger partial charge in [-0.25, -0.2) is 0 Å². The van der Waals surface area contributed by atoms with Crippen molar-refractivity contribution in [2.45, 2.75) is 13.5 Å². The van der Waals surface area contributed by atoms with Crippen molar-refractivity contribution < 1.29 is 4.79 Å². The molecule has 2 aromatic carbocycles. The van der Waals surface area contributed by atoms with Gasteiger partial charge in [0.15, 0.2) is 5.69 Å². The van der Waals surface area contributed by atoms with Crippen LogP contribution >= 0.6 is 0 Å². The molecule has 0 aliphatic heterocycles. The maximum Gasteiger partial charge on any atom is 0.278 e. The van der Waals surface area contributed by atoms with E-state index < -0.39 is 0 Å². The molecule has 0 atom stereocenters. The monoisotopic (exact) mass is 321 g/mol. The van der Waals surface area contributed by atoms with Gasteiger partial charge < -0.3 is 4.90 Å². The van der Waals surface area contributed by atoms with Crippen molar-refractivity contribution in [3.8, 4) is 0 Å². The molecule has 5 nitrogen and oxygen atoms in total. The maximum atomic E-state index is 12.7. The molecule has 0 unspecified atom stereocenters. The Kier molecular flexibility index (Phi) is 4.16. The smallest absolute Gasteiger partial charge is 0.278 e. The van der Waals surface area contributed by atoms with Gasteiger partial charge in [0, 0.05) is 20.6 Å². The second kappa shape index (κ2) is 6.28. The van der Waals surface area contributed by atoms with Crippen molar-refractivity contribution in [2.24, 2.45) is 7.05 Å². The molecule has 5 heteroatoms. The van der Waals surface area contributed by atoms with E-state index in [1.165, 1.54) is 4.90 Å². The van der Waals surface area contributed by atoms with Gasteiger partial charge in [0.25, 0.3) is 5.91 Å². The van der Waals surface area contributed by atoms with Gasteiger partial charge >= 0.3 is 0 Å². The van der Waals surface area contributed by atoms with Crippen molar-refractivity contribution in [1.82, 2.24) is 14.7 Å². The van der Waals surface area contributed by atoms with Crippen LogP contribution in [0.15, 0.2) is 53.3 Å². The van der Waals surface area contributed by atoms with Gasteiger partial charge in [-0.2, -0.15) is 5.10 Å². The number of fused-ring (bicyclic) bond motifs is 1. The van der Waals surface area contributed by atoms with Crippen LogP contribution in [-0.2, 0) is 13.6 Å². The van der Waals surface area contributed by atoms with Crippen LogP contribution in [0.3, 0.4) is 0 Å². The zero-order valence-corrected chi connectivity index (χ0v) is 14.0. The fourth-order valence-corrected chi connectivity index (χ4v) is 2.74. The van der Waals surface area contributed by atoms with Crippen molar-refractivity contribution in [3.63, 3.8) is 0 Å². The Balaban J connectivity index is 2.01. The summed E-state index contributed by atoms with van der Waals surface area (Å²) in [6.45, 7) is 2.35. The van der Waals surface area contributed by atoms with Gasteiger partial charge in [0.05, 0.1) is 10.9 Å². The summed E-state index contributed by atoms with van der Waals surface area (Å²) in [5, 5.41) is 4.72. The highest BCUT2D eigenvalue weighted by Crippen LogP contribution is 2.12. The van der Waals surface area contributed by atoms with Gasteiger partial charge in [-0.3, -0.25) is 14.3 Å². The third-order valence-corrected chi connectivity index (χ3v) is 4.02. The topological polar surface area (TPSA) is 55.2 Å². The Morgan fingerprint density at radius 1 is 1.17 bits per heavy atom. The van der Waals surface area contributed by atoms with Gasteiger partial charge in [0.2, 0.25) is 5.43 Å². The lowest BCUT2D eigenvalue weighted by molar-refractivity contribution is 0.0776. The first-order chi connectivity index (χ1) is 11.5. The zero-order valence-electron chi connectivity index (χ0n) is 14.0. The summed E-state index contributed by atoms with van der Waals surface area (Å²) in [4.78, 5) is 26.9. The molecular weight excluding hydrogens is 302 g/mol. The van der Waals surface area contributed by atoms with Crippen LogP contribution in [0.25, 0.3) is 10.9 Å². The third-order valence-electron chi connectivity index (χ3n) is 4.02. The molecule has 1 heterocycles. The summed E-state index contributed by atoms with van der Waals surface area (Å²) in [7, 11) is 3.42. The first-order valence-electron chi connectivity index (χ1n) is 7.74. The van der Waals surface area contributed by atoms with Crippen molar-refractivity contribution in [2.75, 3.05) is 7.05 Å². The molecule has 0 aliphatic carbocycles. The Morgan fingerprint density at radius 2 is 1.88 bits per heavy atom. The van der Waals surface area contributed by atoms with E-state index in [2.05, 4.69) is 5.10 Å². The second-order valence-corrected chi connectivity index (χ2v) is 5.97. The van der Waals surface area contributed by atoms with E-state index in [-0.39, 0.29) is 17.0 Å². The Hall–Kier alpha value is -2.95. The van der Waals surface area contributed by atoms with E-state index >= 15 is 0 Å². The number of carbonyl (C=O) groups is 1. The molecule has 0 spiro atoms. The number of benzene rings is 2. The molecule has 0 radical (unpaired) electrons. The number of aromatic nitrogens is 2. The largest absolute Gasteiger partial charge is 0.336 e. The normalized spacial score (nSPS) is 10.8. The SMILES string of the molecule is Cc1ccc2c(c1)c(=O)c(C(=O)N(C)Cc1ccccc1)nn2C. The lowest BCUT2D eigenvalue weighted by Crippen LogP contribution is -2.33. The second-order valence-electron chi connectivity index (χ2n) is 5.97.